The SMILES string of the molecule is CC(C)C(NC(=O)C1N2C(=O)c3ccccc3C2SC1(C)C)C(=O)NC1CCCCC1. The lowest BCUT2D eigenvalue weighted by Gasteiger charge is -2.33. The summed E-state index contributed by atoms with van der Waals surface area (Å²) in [6, 6.07) is 6.52. The van der Waals surface area contributed by atoms with E-state index < -0.39 is 16.8 Å². The number of amides is 3. The standard InChI is InChI=1S/C24H33N3O3S/c1-14(2)18(20(28)25-15-10-6-5-7-11-15)26-21(29)19-24(3,4)31-23-17-13-9-8-12-16(17)22(30)27(19)23/h8-9,12-15,18-19,23H,5-7,10-11H2,1-4H3,(H,25,28)(H,26,29). The molecule has 4 rings (SSSR count). The van der Waals surface area contributed by atoms with Crippen molar-refractivity contribution >= 4 is 29.5 Å². The van der Waals surface area contributed by atoms with Crippen molar-refractivity contribution < 1.29 is 14.4 Å². The van der Waals surface area contributed by atoms with Crippen LogP contribution in [0.15, 0.2) is 24.3 Å². The maximum atomic E-state index is 13.5. The van der Waals surface area contributed by atoms with E-state index in [9.17, 15) is 14.4 Å². The molecule has 0 aromatic heterocycles. The minimum absolute atomic E-state index is 0.0491. The van der Waals surface area contributed by atoms with Gasteiger partial charge < -0.3 is 15.5 Å². The topological polar surface area (TPSA) is 78.5 Å². The molecule has 6 nitrogen and oxygen atoms in total. The van der Waals surface area contributed by atoms with E-state index in [1.165, 1.54) is 6.42 Å². The average Bonchev–Trinajstić information content (AvgIpc) is 3.16. The first-order valence-electron chi connectivity index (χ1n) is 11.4. The van der Waals surface area contributed by atoms with Crippen molar-refractivity contribution in [3.63, 3.8) is 0 Å². The highest BCUT2D eigenvalue weighted by Crippen LogP contribution is 2.56. The van der Waals surface area contributed by atoms with Gasteiger partial charge in [0.1, 0.15) is 17.5 Å². The number of fused-ring (bicyclic) bond motifs is 3. The molecule has 0 radical (unpaired) electrons. The van der Waals surface area contributed by atoms with Gasteiger partial charge in [-0.2, -0.15) is 0 Å². The zero-order chi connectivity index (χ0) is 22.3. The van der Waals surface area contributed by atoms with Crippen LogP contribution in [0.5, 0.6) is 0 Å². The molecule has 7 heteroatoms. The third-order valence-corrected chi connectivity index (χ3v) is 8.28. The smallest absolute Gasteiger partial charge is 0.256 e. The first kappa shape index (κ1) is 22.2. The maximum Gasteiger partial charge on any atom is 0.256 e. The molecule has 3 amide bonds. The highest BCUT2D eigenvalue weighted by atomic mass is 32.2. The van der Waals surface area contributed by atoms with Crippen molar-refractivity contribution in [2.45, 2.75) is 88.0 Å². The normalized spacial score (nSPS) is 25.8. The molecular weight excluding hydrogens is 410 g/mol. The monoisotopic (exact) mass is 443 g/mol. The maximum absolute atomic E-state index is 13.5. The molecule has 0 spiro atoms. The van der Waals surface area contributed by atoms with E-state index in [1.807, 2.05) is 52.0 Å². The first-order valence-corrected chi connectivity index (χ1v) is 12.3. The molecule has 3 aliphatic rings. The van der Waals surface area contributed by atoms with Crippen LogP contribution in [0.4, 0.5) is 0 Å². The third kappa shape index (κ3) is 4.09. The van der Waals surface area contributed by atoms with E-state index in [4.69, 9.17) is 0 Å². The summed E-state index contributed by atoms with van der Waals surface area (Å²) < 4.78 is -0.459. The molecule has 0 bridgehead atoms. The van der Waals surface area contributed by atoms with Crippen LogP contribution in [0.3, 0.4) is 0 Å². The van der Waals surface area contributed by atoms with E-state index in [0.717, 1.165) is 31.2 Å². The number of thioether (sulfide) groups is 1. The van der Waals surface area contributed by atoms with E-state index in [0.29, 0.717) is 5.56 Å². The lowest BCUT2D eigenvalue weighted by molar-refractivity contribution is -0.133. The first-order chi connectivity index (χ1) is 14.7. The summed E-state index contributed by atoms with van der Waals surface area (Å²) in [5.74, 6) is -0.525. The van der Waals surface area contributed by atoms with Gasteiger partial charge in [-0.15, -0.1) is 11.8 Å². The van der Waals surface area contributed by atoms with E-state index in [2.05, 4.69) is 10.6 Å². The molecule has 1 aromatic carbocycles. The second kappa shape index (κ2) is 8.49. The number of hydrogen-bond acceptors (Lipinski definition) is 4. The summed E-state index contributed by atoms with van der Waals surface area (Å²) in [6.45, 7) is 7.89. The van der Waals surface area contributed by atoms with Gasteiger partial charge in [0, 0.05) is 16.4 Å². The van der Waals surface area contributed by atoms with Crippen molar-refractivity contribution in [2.24, 2.45) is 5.92 Å². The fourth-order valence-electron chi connectivity index (χ4n) is 5.11. The molecule has 2 N–H and O–H groups in total. The van der Waals surface area contributed by atoms with Gasteiger partial charge >= 0.3 is 0 Å². The number of carbonyl (C=O) groups is 3. The Labute approximate surface area is 188 Å². The van der Waals surface area contributed by atoms with Crippen LogP contribution in [0, 0.1) is 5.92 Å². The van der Waals surface area contributed by atoms with Crippen LogP contribution >= 0.6 is 11.8 Å². The number of benzene rings is 1. The van der Waals surface area contributed by atoms with E-state index >= 15 is 0 Å². The number of rotatable bonds is 5. The van der Waals surface area contributed by atoms with Crippen molar-refractivity contribution in [1.82, 2.24) is 15.5 Å². The zero-order valence-corrected chi connectivity index (χ0v) is 19.6. The predicted octanol–water partition coefficient (Wildman–Crippen LogP) is 3.62. The fraction of sp³-hybridized carbons (Fsp3) is 0.625. The lowest BCUT2D eigenvalue weighted by Crippen LogP contribution is -2.59. The summed E-state index contributed by atoms with van der Waals surface area (Å²) in [5, 5.41) is 5.99. The molecular formula is C24H33N3O3S. The largest absolute Gasteiger partial charge is 0.352 e. The predicted molar refractivity (Wildman–Crippen MR) is 123 cm³/mol. The van der Waals surface area contributed by atoms with Crippen LogP contribution < -0.4 is 10.6 Å². The second-order valence-corrected chi connectivity index (χ2v) is 11.6. The van der Waals surface area contributed by atoms with Gasteiger partial charge in [0.15, 0.2) is 0 Å². The van der Waals surface area contributed by atoms with Gasteiger partial charge in [-0.3, -0.25) is 14.4 Å². The third-order valence-electron chi connectivity index (χ3n) is 6.74. The van der Waals surface area contributed by atoms with Crippen LogP contribution in [0.25, 0.3) is 0 Å². The Bertz CT molecular complexity index is 879. The minimum Gasteiger partial charge on any atom is -0.352 e. The summed E-state index contributed by atoms with van der Waals surface area (Å²) in [4.78, 5) is 41.4. The fourth-order valence-corrected chi connectivity index (χ4v) is 6.70. The van der Waals surface area contributed by atoms with Crippen LogP contribution in [0.2, 0.25) is 0 Å². The number of nitrogens with one attached hydrogen (secondary N) is 2. The van der Waals surface area contributed by atoms with E-state index in [1.54, 1.807) is 16.7 Å². The molecule has 2 fully saturated rings. The molecule has 1 aliphatic carbocycles. The van der Waals surface area contributed by atoms with Gasteiger partial charge in [-0.05, 0) is 44.2 Å². The Morgan fingerprint density at radius 2 is 1.81 bits per heavy atom. The van der Waals surface area contributed by atoms with Crippen LogP contribution in [-0.4, -0.2) is 45.5 Å². The Kier molecular flexibility index (Phi) is 6.08. The number of nitrogens with zero attached hydrogens (tertiary/aromatic N) is 1. The second-order valence-electron chi connectivity index (χ2n) is 9.85. The van der Waals surface area contributed by atoms with Crippen LogP contribution in [-0.2, 0) is 9.59 Å². The Morgan fingerprint density at radius 1 is 1.13 bits per heavy atom. The Hall–Kier alpha value is -2.02. The zero-order valence-electron chi connectivity index (χ0n) is 18.8. The number of carbonyl (C=O) groups excluding carboxylic acids is 3. The van der Waals surface area contributed by atoms with Crippen molar-refractivity contribution in [2.75, 3.05) is 0 Å². The minimum atomic E-state index is -0.633. The molecule has 3 unspecified atom stereocenters. The lowest BCUT2D eigenvalue weighted by atomic mass is 9.94. The van der Waals surface area contributed by atoms with Crippen LogP contribution in [0.1, 0.15) is 81.1 Å². The van der Waals surface area contributed by atoms with Gasteiger partial charge in [0.05, 0.1) is 0 Å². The molecule has 3 atom stereocenters. The van der Waals surface area contributed by atoms with Crippen molar-refractivity contribution in [3.8, 4) is 0 Å². The summed E-state index contributed by atoms with van der Waals surface area (Å²) in [5.41, 5.74) is 1.64. The summed E-state index contributed by atoms with van der Waals surface area (Å²) in [7, 11) is 0. The average molecular weight is 444 g/mol. The number of hydrogen-bond donors (Lipinski definition) is 2. The summed E-state index contributed by atoms with van der Waals surface area (Å²) >= 11 is 1.64. The van der Waals surface area contributed by atoms with E-state index in [-0.39, 0.29) is 35.1 Å². The van der Waals surface area contributed by atoms with Gasteiger partial charge in [0.2, 0.25) is 11.8 Å². The highest BCUT2D eigenvalue weighted by Gasteiger charge is 2.57. The molecule has 168 valence electrons. The molecule has 1 aromatic rings. The Morgan fingerprint density at radius 3 is 2.48 bits per heavy atom. The highest BCUT2D eigenvalue weighted by molar-refractivity contribution is 8.01. The molecule has 31 heavy (non-hydrogen) atoms. The van der Waals surface area contributed by atoms with Gasteiger partial charge in [0.25, 0.3) is 5.91 Å². The van der Waals surface area contributed by atoms with Gasteiger partial charge in [-0.25, -0.2) is 0 Å². The summed E-state index contributed by atoms with van der Waals surface area (Å²) in [6.07, 6.45) is 5.49. The molecule has 2 aliphatic heterocycles. The Balaban J connectivity index is 1.52. The van der Waals surface area contributed by atoms with Crippen molar-refractivity contribution in [3.05, 3.63) is 35.4 Å². The van der Waals surface area contributed by atoms with Gasteiger partial charge in [-0.1, -0.05) is 51.3 Å². The van der Waals surface area contributed by atoms with Crippen molar-refractivity contribution in [1.29, 1.82) is 0 Å². The quantitative estimate of drug-likeness (QED) is 0.729. The molecule has 2 heterocycles. The molecule has 1 saturated heterocycles. The molecule has 1 saturated carbocycles.